The summed E-state index contributed by atoms with van der Waals surface area (Å²) in [4.78, 5) is 0. The fraction of sp³-hybridized carbons (Fsp3) is 0.510. The Morgan fingerprint density at radius 1 is 0.143 bits per heavy atom. The maximum atomic E-state index is 2.12. The Labute approximate surface area is 316 Å². The predicted octanol–water partition coefficient (Wildman–Crippen LogP) is 19.2. The normalized spacial score (nSPS) is 6.00. The molecule has 292 valence electrons. The molecule has 4 aromatic carbocycles. The van der Waals surface area contributed by atoms with Crippen molar-refractivity contribution < 1.29 is 0 Å². The molecule has 4 aromatic rings. The zero-order chi connectivity index (χ0) is 41.1. The zero-order valence-corrected chi connectivity index (χ0v) is 38.0. The monoisotopic (exact) mass is 685 g/mol. The Hall–Kier alpha value is -3.12. The molecule has 4 rings (SSSR count). The summed E-state index contributed by atoms with van der Waals surface area (Å²) in [6.45, 7) is 44.8. The fourth-order valence-corrected chi connectivity index (χ4v) is 1.54. The van der Waals surface area contributed by atoms with Gasteiger partial charge in [-0.05, 0) is 0 Å². The first kappa shape index (κ1) is 76.0. The maximum absolute atomic E-state index is 2.12. The first-order valence-electron chi connectivity index (χ1n) is 20.2. The highest BCUT2D eigenvalue weighted by atomic mass is 13.7. The second kappa shape index (κ2) is 152. The highest BCUT2D eigenvalue weighted by molar-refractivity contribution is 5.00. The van der Waals surface area contributed by atoms with Gasteiger partial charge in [-0.25, -0.2) is 0 Å². The van der Waals surface area contributed by atoms with Gasteiger partial charge in [-0.1, -0.05) is 317 Å². The van der Waals surface area contributed by atoms with Crippen molar-refractivity contribution in [1.82, 2.24) is 0 Å². The molecule has 0 heteroatoms. The second-order valence-corrected chi connectivity index (χ2v) is 6.74. The Morgan fingerprint density at radius 2 is 0.163 bits per heavy atom. The second-order valence-electron chi connectivity index (χ2n) is 6.74. The highest BCUT2D eigenvalue weighted by Gasteiger charge is 1.59. The summed E-state index contributed by atoms with van der Waals surface area (Å²) in [5.41, 5.74) is 0. The molecule has 0 saturated carbocycles. The summed E-state index contributed by atoms with van der Waals surface area (Å²) < 4.78 is 0. The summed E-state index contributed by atoms with van der Waals surface area (Å²) in [6.07, 6.45) is 3.75. The van der Waals surface area contributed by atoms with Crippen LogP contribution in [0.5, 0.6) is 0 Å². The van der Waals surface area contributed by atoms with E-state index in [9.17, 15) is 0 Å². The summed E-state index contributed by atoms with van der Waals surface area (Å²) in [6, 6.07) is 48.0. The van der Waals surface area contributed by atoms with E-state index in [1.54, 1.807) is 0 Å². The largest absolute Gasteiger partial charge is 0.0683 e. The van der Waals surface area contributed by atoms with Crippen LogP contribution in [-0.2, 0) is 0 Å². The molecule has 49 heavy (non-hydrogen) atoms. The van der Waals surface area contributed by atoms with Gasteiger partial charge in [-0.2, -0.15) is 0 Å². The van der Waals surface area contributed by atoms with E-state index in [-0.39, 0.29) is 0 Å². The van der Waals surface area contributed by atoms with E-state index in [2.05, 4.69) is 41.5 Å². The molecule has 0 amide bonds. The van der Waals surface area contributed by atoms with Crippen LogP contribution in [-0.4, -0.2) is 0 Å². The highest BCUT2D eigenvalue weighted by Crippen LogP contribution is 1.81. The molecule has 0 atom stereocenters. The lowest BCUT2D eigenvalue weighted by molar-refractivity contribution is 1.09. The zero-order valence-electron chi connectivity index (χ0n) is 38.0. The van der Waals surface area contributed by atoms with Crippen molar-refractivity contribution >= 4 is 0 Å². The Balaban J connectivity index is -0.0000000363. The molecular formula is C49H96. The van der Waals surface area contributed by atoms with Crippen LogP contribution in [0.15, 0.2) is 146 Å². The van der Waals surface area contributed by atoms with Gasteiger partial charge in [0.1, 0.15) is 0 Å². The smallest absolute Gasteiger partial charge is 0.0590 e. The first-order valence-corrected chi connectivity index (χ1v) is 20.2. The van der Waals surface area contributed by atoms with Gasteiger partial charge >= 0.3 is 0 Å². The van der Waals surface area contributed by atoms with Gasteiger partial charge in [-0.15, -0.1) is 0 Å². The summed E-state index contributed by atoms with van der Waals surface area (Å²) in [5, 5.41) is 0. The third-order valence-corrected chi connectivity index (χ3v) is 2.67. The van der Waals surface area contributed by atoms with Crippen molar-refractivity contribution in [2.24, 2.45) is 0 Å². The summed E-state index contributed by atoms with van der Waals surface area (Å²) in [7, 11) is 0. The quantitative estimate of drug-likeness (QED) is 0.173. The van der Waals surface area contributed by atoms with E-state index >= 15 is 0 Å². The van der Waals surface area contributed by atoms with Gasteiger partial charge in [0.15, 0.2) is 0 Å². The minimum Gasteiger partial charge on any atom is -0.0683 e. The van der Waals surface area contributed by atoms with Crippen LogP contribution >= 0.6 is 0 Å². The molecule has 0 N–H and O–H groups in total. The van der Waals surface area contributed by atoms with E-state index in [0.717, 1.165) is 0 Å². The van der Waals surface area contributed by atoms with E-state index in [4.69, 9.17) is 0 Å². The Bertz CT molecular complexity index is 454. The third-order valence-electron chi connectivity index (χ3n) is 2.67. The summed E-state index contributed by atoms with van der Waals surface area (Å²) in [5.74, 6) is 0. The SMILES string of the molecule is CC.CC.CC.CC.CC.CC.CC.CC.CCC.CCC.CCC.c1ccccc1.c1ccccc1.c1ccccc1.c1ccccc1. The van der Waals surface area contributed by atoms with Crippen molar-refractivity contribution in [2.75, 3.05) is 0 Å². The number of hydrogen-bond acceptors (Lipinski definition) is 0. The van der Waals surface area contributed by atoms with Gasteiger partial charge in [0, 0.05) is 0 Å². The molecule has 0 aromatic heterocycles. The van der Waals surface area contributed by atoms with E-state index in [0.29, 0.717) is 0 Å². The van der Waals surface area contributed by atoms with Crippen LogP contribution in [0, 0.1) is 0 Å². The molecule has 0 heterocycles. The number of rotatable bonds is 0. The standard InChI is InChI=1S/4C6H6.3C3H8.8C2H6/c4*1-2-4-6-5-3-1;3*1-3-2;8*1-2/h4*1-6H;3*3H2,1-2H3;8*1-2H3. The Kier molecular flexibility index (Phi) is 235. The van der Waals surface area contributed by atoms with Crippen LogP contribution in [0.3, 0.4) is 0 Å². The van der Waals surface area contributed by atoms with Gasteiger partial charge in [0.05, 0.1) is 0 Å². The number of hydrogen-bond donors (Lipinski definition) is 0. The molecule has 0 unspecified atom stereocenters. The first-order chi connectivity index (χ1) is 24.2. The van der Waals surface area contributed by atoms with Crippen molar-refractivity contribution in [3.8, 4) is 0 Å². The average Bonchev–Trinajstić information content (AvgIpc) is 3.25. The van der Waals surface area contributed by atoms with E-state index < -0.39 is 0 Å². The molecule has 0 spiro atoms. The lowest BCUT2D eigenvalue weighted by Gasteiger charge is -1.69. The van der Waals surface area contributed by atoms with Crippen molar-refractivity contribution in [3.05, 3.63) is 146 Å². The van der Waals surface area contributed by atoms with Crippen molar-refractivity contribution in [3.63, 3.8) is 0 Å². The average molecular weight is 685 g/mol. The lowest BCUT2D eigenvalue weighted by atomic mass is 10.4. The van der Waals surface area contributed by atoms with E-state index in [1.165, 1.54) is 19.3 Å². The van der Waals surface area contributed by atoms with E-state index in [1.807, 2.05) is 256 Å². The lowest BCUT2D eigenvalue weighted by Crippen LogP contribution is -1.47. The predicted molar refractivity (Wildman–Crippen MR) is 244 cm³/mol. The van der Waals surface area contributed by atoms with Crippen LogP contribution in [0.25, 0.3) is 0 Å². The van der Waals surface area contributed by atoms with Gasteiger partial charge in [0.2, 0.25) is 0 Å². The van der Waals surface area contributed by atoms with Crippen LogP contribution in [0.2, 0.25) is 0 Å². The molecule has 0 bridgehead atoms. The van der Waals surface area contributed by atoms with Crippen LogP contribution < -0.4 is 0 Å². The molecular weight excluding hydrogens is 589 g/mol. The number of benzene rings is 4. The van der Waals surface area contributed by atoms with Crippen molar-refractivity contribution in [2.45, 2.75) is 172 Å². The topological polar surface area (TPSA) is 0 Å². The summed E-state index contributed by atoms with van der Waals surface area (Å²) >= 11 is 0. The minimum absolute atomic E-state index is 1.25. The van der Waals surface area contributed by atoms with Gasteiger partial charge in [0.25, 0.3) is 0 Å². The van der Waals surface area contributed by atoms with Gasteiger partial charge in [-0.3, -0.25) is 0 Å². The van der Waals surface area contributed by atoms with Gasteiger partial charge < -0.3 is 0 Å². The van der Waals surface area contributed by atoms with Crippen LogP contribution in [0.4, 0.5) is 0 Å². The molecule has 0 saturated heterocycles. The molecule has 0 aliphatic heterocycles. The molecule has 0 nitrogen and oxygen atoms in total. The molecule has 0 aliphatic carbocycles. The molecule has 0 aliphatic rings. The minimum atomic E-state index is 1.25. The fourth-order valence-electron chi connectivity index (χ4n) is 1.54. The van der Waals surface area contributed by atoms with Crippen molar-refractivity contribution in [1.29, 1.82) is 0 Å². The molecule has 0 radical (unpaired) electrons. The maximum Gasteiger partial charge on any atom is -0.0590 e. The third kappa shape index (κ3) is 189. The van der Waals surface area contributed by atoms with Crippen LogP contribution in [0.1, 0.15) is 172 Å². The molecule has 0 fully saturated rings. The Morgan fingerprint density at radius 3 is 0.184 bits per heavy atom.